The van der Waals surface area contributed by atoms with E-state index in [2.05, 4.69) is 31.6 Å². The smallest absolute Gasteiger partial charge is 0.237 e. The lowest BCUT2D eigenvalue weighted by Crippen LogP contribution is -2.45. The van der Waals surface area contributed by atoms with E-state index in [9.17, 15) is 9.90 Å². The van der Waals surface area contributed by atoms with Gasteiger partial charge < -0.3 is 15.3 Å². The number of nitrogens with zero attached hydrogens (tertiary/aromatic N) is 2. The Kier molecular flexibility index (Phi) is 11.1. The van der Waals surface area contributed by atoms with Crippen LogP contribution in [0.1, 0.15) is 0 Å². The molecule has 1 amide bonds. The first-order valence-electron chi connectivity index (χ1n) is 6.94. The SMILES string of the molecule is C=CCN(CC=C)C(=O)CNCC(O)N(CC=C)CC=C. The Hall–Kier alpha value is -1.69. The van der Waals surface area contributed by atoms with E-state index < -0.39 is 6.23 Å². The molecule has 0 aromatic carbocycles. The molecular formula is C16H27N3O2. The van der Waals surface area contributed by atoms with Crippen LogP contribution in [0, 0.1) is 0 Å². The highest BCUT2D eigenvalue weighted by Gasteiger charge is 2.14. The number of nitrogens with one attached hydrogen (secondary N) is 1. The molecule has 0 bridgehead atoms. The van der Waals surface area contributed by atoms with Gasteiger partial charge in [0.2, 0.25) is 5.91 Å². The van der Waals surface area contributed by atoms with Crippen molar-refractivity contribution in [3.8, 4) is 0 Å². The van der Waals surface area contributed by atoms with Gasteiger partial charge in [-0.25, -0.2) is 0 Å². The van der Waals surface area contributed by atoms with Crippen LogP contribution in [0.25, 0.3) is 0 Å². The minimum atomic E-state index is -0.693. The van der Waals surface area contributed by atoms with Gasteiger partial charge in [0.25, 0.3) is 0 Å². The minimum absolute atomic E-state index is 0.0546. The molecular weight excluding hydrogens is 266 g/mol. The van der Waals surface area contributed by atoms with Crippen molar-refractivity contribution in [1.29, 1.82) is 0 Å². The average Bonchev–Trinajstić information content (AvgIpc) is 2.46. The third-order valence-corrected chi connectivity index (χ3v) is 2.80. The number of aliphatic hydroxyl groups excluding tert-OH is 1. The van der Waals surface area contributed by atoms with Crippen molar-refractivity contribution in [2.75, 3.05) is 39.3 Å². The Morgan fingerprint density at radius 1 is 1.00 bits per heavy atom. The Bertz CT molecular complexity index is 335. The Balaban J connectivity index is 4.22. The van der Waals surface area contributed by atoms with Crippen molar-refractivity contribution >= 4 is 5.91 Å². The topological polar surface area (TPSA) is 55.8 Å². The van der Waals surface area contributed by atoms with E-state index >= 15 is 0 Å². The summed E-state index contributed by atoms with van der Waals surface area (Å²) in [7, 11) is 0. The van der Waals surface area contributed by atoms with Crippen molar-refractivity contribution in [1.82, 2.24) is 15.1 Å². The van der Waals surface area contributed by atoms with Crippen molar-refractivity contribution in [2.45, 2.75) is 6.23 Å². The lowest BCUT2D eigenvalue weighted by atomic mass is 10.3. The Labute approximate surface area is 127 Å². The molecule has 5 nitrogen and oxygen atoms in total. The first kappa shape index (κ1) is 19.3. The van der Waals surface area contributed by atoms with Gasteiger partial charge in [0, 0.05) is 32.7 Å². The van der Waals surface area contributed by atoms with Gasteiger partial charge in [-0.2, -0.15) is 0 Å². The van der Waals surface area contributed by atoms with E-state index in [4.69, 9.17) is 0 Å². The van der Waals surface area contributed by atoms with E-state index in [-0.39, 0.29) is 12.5 Å². The molecule has 0 radical (unpaired) electrons. The predicted octanol–water partition coefficient (Wildman–Crippen LogP) is 0.769. The maximum Gasteiger partial charge on any atom is 0.237 e. The highest BCUT2D eigenvalue weighted by molar-refractivity contribution is 5.78. The van der Waals surface area contributed by atoms with Gasteiger partial charge in [-0.15, -0.1) is 26.3 Å². The number of hydrogen-bond donors (Lipinski definition) is 2. The summed E-state index contributed by atoms with van der Waals surface area (Å²) in [6, 6.07) is 0. The van der Waals surface area contributed by atoms with Gasteiger partial charge in [0.05, 0.1) is 6.54 Å². The van der Waals surface area contributed by atoms with Gasteiger partial charge in [-0.05, 0) is 0 Å². The molecule has 0 spiro atoms. The molecule has 0 aromatic rings. The van der Waals surface area contributed by atoms with E-state index in [1.54, 1.807) is 34.1 Å². The lowest BCUT2D eigenvalue weighted by molar-refractivity contribution is -0.129. The van der Waals surface area contributed by atoms with Crippen molar-refractivity contribution < 1.29 is 9.90 Å². The highest BCUT2D eigenvalue weighted by atomic mass is 16.3. The fourth-order valence-corrected chi connectivity index (χ4v) is 1.79. The second kappa shape index (κ2) is 12.1. The zero-order chi connectivity index (χ0) is 16.1. The zero-order valence-electron chi connectivity index (χ0n) is 12.7. The van der Waals surface area contributed by atoms with Crippen LogP contribution in [-0.4, -0.2) is 66.3 Å². The number of rotatable bonds is 13. The summed E-state index contributed by atoms with van der Waals surface area (Å²) in [4.78, 5) is 15.4. The summed E-state index contributed by atoms with van der Waals surface area (Å²) in [6.45, 7) is 17.1. The van der Waals surface area contributed by atoms with Crippen LogP contribution >= 0.6 is 0 Å². The number of aliphatic hydroxyl groups is 1. The van der Waals surface area contributed by atoms with Gasteiger partial charge in [0.1, 0.15) is 6.23 Å². The molecule has 2 N–H and O–H groups in total. The Morgan fingerprint density at radius 3 is 1.90 bits per heavy atom. The molecule has 0 fully saturated rings. The quantitative estimate of drug-likeness (QED) is 0.389. The second-order valence-electron chi connectivity index (χ2n) is 4.52. The van der Waals surface area contributed by atoms with Crippen LogP contribution in [0.3, 0.4) is 0 Å². The summed E-state index contributed by atoms with van der Waals surface area (Å²) >= 11 is 0. The number of carbonyl (C=O) groups excluding carboxylic acids is 1. The molecule has 0 aromatic heterocycles. The maximum absolute atomic E-state index is 12.0. The van der Waals surface area contributed by atoms with Crippen LogP contribution in [-0.2, 0) is 4.79 Å². The van der Waals surface area contributed by atoms with E-state index in [0.717, 1.165) is 0 Å². The first-order valence-corrected chi connectivity index (χ1v) is 6.94. The number of hydrogen-bond acceptors (Lipinski definition) is 4. The second-order valence-corrected chi connectivity index (χ2v) is 4.52. The summed E-state index contributed by atoms with van der Waals surface area (Å²) in [6.07, 6.45) is 6.08. The molecule has 0 aliphatic carbocycles. The molecule has 5 heteroatoms. The normalized spacial score (nSPS) is 11.7. The fraction of sp³-hybridized carbons (Fsp3) is 0.438. The molecule has 0 saturated carbocycles. The van der Waals surface area contributed by atoms with Crippen molar-refractivity contribution in [3.63, 3.8) is 0 Å². The van der Waals surface area contributed by atoms with E-state index in [0.29, 0.717) is 32.7 Å². The van der Waals surface area contributed by atoms with Gasteiger partial charge in [0.15, 0.2) is 0 Å². The van der Waals surface area contributed by atoms with Crippen LogP contribution < -0.4 is 5.32 Å². The van der Waals surface area contributed by atoms with Crippen LogP contribution in [0.15, 0.2) is 50.6 Å². The molecule has 1 atom stereocenters. The number of carbonyl (C=O) groups is 1. The zero-order valence-corrected chi connectivity index (χ0v) is 12.7. The Morgan fingerprint density at radius 2 is 1.48 bits per heavy atom. The summed E-state index contributed by atoms with van der Waals surface area (Å²) < 4.78 is 0. The summed E-state index contributed by atoms with van der Waals surface area (Å²) in [5, 5.41) is 13.0. The largest absolute Gasteiger partial charge is 0.377 e. The highest BCUT2D eigenvalue weighted by Crippen LogP contribution is 1.96. The van der Waals surface area contributed by atoms with Crippen molar-refractivity contribution in [2.24, 2.45) is 0 Å². The molecule has 21 heavy (non-hydrogen) atoms. The molecule has 0 rings (SSSR count). The first-order chi connectivity index (χ1) is 10.1. The van der Waals surface area contributed by atoms with E-state index in [1.807, 2.05) is 0 Å². The lowest BCUT2D eigenvalue weighted by Gasteiger charge is -2.26. The third-order valence-electron chi connectivity index (χ3n) is 2.80. The molecule has 0 saturated heterocycles. The molecule has 0 aliphatic rings. The molecule has 0 heterocycles. The van der Waals surface area contributed by atoms with Gasteiger partial charge in [-0.1, -0.05) is 24.3 Å². The molecule has 0 aliphatic heterocycles. The monoisotopic (exact) mass is 293 g/mol. The van der Waals surface area contributed by atoms with E-state index in [1.165, 1.54) is 0 Å². The van der Waals surface area contributed by atoms with Crippen molar-refractivity contribution in [3.05, 3.63) is 50.6 Å². The third kappa shape index (κ3) is 8.24. The molecule has 118 valence electrons. The number of amides is 1. The fourth-order valence-electron chi connectivity index (χ4n) is 1.79. The van der Waals surface area contributed by atoms with Gasteiger partial charge >= 0.3 is 0 Å². The maximum atomic E-state index is 12.0. The standard InChI is InChI=1S/C16H27N3O2/c1-5-9-18(10-6-2)15(20)13-17-14-16(21)19(11-7-3)12-8-4/h5-8,15,17,20H,1-4,9-14H2. The average molecular weight is 293 g/mol. The summed E-state index contributed by atoms with van der Waals surface area (Å²) in [5.74, 6) is -0.0546. The van der Waals surface area contributed by atoms with Crippen LogP contribution in [0.4, 0.5) is 0 Å². The minimum Gasteiger partial charge on any atom is -0.377 e. The van der Waals surface area contributed by atoms with Crippen LogP contribution in [0.2, 0.25) is 0 Å². The summed E-state index contributed by atoms with van der Waals surface area (Å²) in [5.41, 5.74) is 0. The molecule has 1 unspecified atom stereocenters. The predicted molar refractivity (Wildman–Crippen MR) is 87.8 cm³/mol. The van der Waals surface area contributed by atoms with Crippen LogP contribution in [0.5, 0.6) is 0 Å². The van der Waals surface area contributed by atoms with Gasteiger partial charge in [-0.3, -0.25) is 9.69 Å².